The van der Waals surface area contributed by atoms with Crippen LogP contribution in [0.2, 0.25) is 0 Å². The van der Waals surface area contributed by atoms with E-state index >= 15 is 0 Å². The maximum Gasteiger partial charge on any atom is 0.246 e. The van der Waals surface area contributed by atoms with Gasteiger partial charge in [-0.15, -0.1) is 12.4 Å². The molecule has 1 N–H and O–H groups in total. The van der Waals surface area contributed by atoms with Gasteiger partial charge in [-0.2, -0.15) is 4.31 Å². The van der Waals surface area contributed by atoms with Gasteiger partial charge in [-0.05, 0) is 18.6 Å². The Labute approximate surface area is 151 Å². The second-order valence-corrected chi connectivity index (χ2v) is 7.62. The van der Waals surface area contributed by atoms with Crippen LogP contribution < -0.4 is 5.32 Å². The Morgan fingerprint density at radius 2 is 2.00 bits per heavy atom. The number of piperazine rings is 1. The highest BCUT2D eigenvalue weighted by Gasteiger charge is 2.38. The molecule has 0 aliphatic carbocycles. The standard InChI is InChI=1S/C15H18F2N4O2S.ClH/c1-10-7-14(12(17)8-11(10)16)24(22,23)21-6-3-18-9-13(21)15-19-4-5-20(15)2;/h4-5,7-8,13,18H,3,6,9H2,1-2H3;1H. The van der Waals surface area contributed by atoms with E-state index < -0.39 is 32.6 Å². The molecule has 1 unspecified atom stereocenters. The average Bonchev–Trinajstić information content (AvgIpc) is 2.96. The van der Waals surface area contributed by atoms with Gasteiger partial charge in [0.2, 0.25) is 10.0 Å². The summed E-state index contributed by atoms with van der Waals surface area (Å²) in [6, 6.07) is 1.09. The smallest absolute Gasteiger partial charge is 0.246 e. The van der Waals surface area contributed by atoms with Crippen LogP contribution in [0.5, 0.6) is 0 Å². The maximum atomic E-state index is 14.1. The molecule has 6 nitrogen and oxygen atoms in total. The minimum absolute atomic E-state index is 0. The summed E-state index contributed by atoms with van der Waals surface area (Å²) < 4.78 is 56.5. The van der Waals surface area contributed by atoms with E-state index in [4.69, 9.17) is 0 Å². The van der Waals surface area contributed by atoms with E-state index in [1.54, 1.807) is 24.0 Å². The van der Waals surface area contributed by atoms with Crippen molar-refractivity contribution in [3.05, 3.63) is 47.5 Å². The number of halogens is 3. The number of aryl methyl sites for hydroxylation is 2. The van der Waals surface area contributed by atoms with Gasteiger partial charge in [-0.25, -0.2) is 22.2 Å². The first kappa shape index (κ1) is 19.8. The topological polar surface area (TPSA) is 67.2 Å². The number of rotatable bonds is 3. The van der Waals surface area contributed by atoms with E-state index in [1.165, 1.54) is 11.2 Å². The van der Waals surface area contributed by atoms with Gasteiger partial charge < -0.3 is 9.88 Å². The summed E-state index contributed by atoms with van der Waals surface area (Å²) in [6.45, 7) is 2.39. The summed E-state index contributed by atoms with van der Waals surface area (Å²) in [4.78, 5) is 3.70. The van der Waals surface area contributed by atoms with Gasteiger partial charge in [-0.3, -0.25) is 0 Å². The molecule has 0 radical (unpaired) electrons. The molecule has 1 saturated heterocycles. The number of nitrogens with one attached hydrogen (secondary N) is 1. The first-order valence-corrected chi connectivity index (χ1v) is 8.92. The molecule has 1 aromatic heterocycles. The molecule has 2 heterocycles. The summed E-state index contributed by atoms with van der Waals surface area (Å²) in [5.74, 6) is -1.30. The number of hydrogen-bond donors (Lipinski definition) is 1. The zero-order chi connectivity index (χ0) is 17.5. The fourth-order valence-electron chi connectivity index (χ4n) is 2.85. The lowest BCUT2D eigenvalue weighted by atomic mass is 10.2. The largest absolute Gasteiger partial charge is 0.337 e. The third kappa shape index (κ3) is 3.55. The normalized spacial score (nSPS) is 18.8. The van der Waals surface area contributed by atoms with E-state index in [9.17, 15) is 17.2 Å². The van der Waals surface area contributed by atoms with E-state index in [0.717, 1.165) is 6.07 Å². The fourth-order valence-corrected chi connectivity index (χ4v) is 4.57. The van der Waals surface area contributed by atoms with Crippen LogP contribution >= 0.6 is 12.4 Å². The quantitative estimate of drug-likeness (QED) is 0.864. The Morgan fingerprint density at radius 1 is 1.28 bits per heavy atom. The predicted molar refractivity (Wildman–Crippen MR) is 91.1 cm³/mol. The van der Waals surface area contributed by atoms with Crippen molar-refractivity contribution in [1.29, 1.82) is 0 Å². The highest BCUT2D eigenvalue weighted by molar-refractivity contribution is 7.89. The van der Waals surface area contributed by atoms with Crippen molar-refractivity contribution in [2.24, 2.45) is 7.05 Å². The minimum Gasteiger partial charge on any atom is -0.337 e. The van der Waals surface area contributed by atoms with Crippen LogP contribution in [0.4, 0.5) is 8.78 Å². The second-order valence-electron chi connectivity index (χ2n) is 5.76. The highest BCUT2D eigenvalue weighted by Crippen LogP contribution is 2.30. The number of imidazole rings is 1. The molecule has 1 fully saturated rings. The van der Waals surface area contributed by atoms with Gasteiger partial charge in [0.05, 0.1) is 6.04 Å². The summed E-state index contributed by atoms with van der Waals surface area (Å²) in [5.41, 5.74) is 0.0821. The Morgan fingerprint density at radius 3 is 2.64 bits per heavy atom. The maximum absolute atomic E-state index is 14.1. The summed E-state index contributed by atoms with van der Waals surface area (Å²) >= 11 is 0. The lowest BCUT2D eigenvalue weighted by molar-refractivity contribution is 0.257. The zero-order valence-electron chi connectivity index (χ0n) is 13.7. The lowest BCUT2D eigenvalue weighted by Gasteiger charge is -2.34. The van der Waals surface area contributed by atoms with Crippen LogP contribution in [0.15, 0.2) is 29.4 Å². The number of benzene rings is 1. The average molecular weight is 393 g/mol. The molecule has 1 aliphatic rings. The summed E-state index contributed by atoms with van der Waals surface area (Å²) in [6.07, 6.45) is 3.30. The van der Waals surface area contributed by atoms with Crippen molar-refractivity contribution in [1.82, 2.24) is 19.2 Å². The lowest BCUT2D eigenvalue weighted by Crippen LogP contribution is -2.49. The van der Waals surface area contributed by atoms with E-state index in [1.807, 2.05) is 0 Å². The Kier molecular flexibility index (Phi) is 5.82. The predicted octanol–water partition coefficient (Wildman–Crippen LogP) is 1.76. The van der Waals surface area contributed by atoms with E-state index in [-0.39, 0.29) is 24.5 Å². The SMILES string of the molecule is Cc1cc(S(=O)(=O)N2CCNCC2c2nccn2C)c(F)cc1F.Cl. The molecule has 0 spiro atoms. The van der Waals surface area contributed by atoms with Crippen LogP contribution in [-0.4, -0.2) is 41.9 Å². The molecule has 1 aliphatic heterocycles. The molecule has 0 bridgehead atoms. The Balaban J connectivity index is 0.00000225. The molecule has 25 heavy (non-hydrogen) atoms. The summed E-state index contributed by atoms with van der Waals surface area (Å²) in [5, 5.41) is 3.13. The van der Waals surface area contributed by atoms with Crippen LogP contribution in [0, 0.1) is 18.6 Å². The monoisotopic (exact) mass is 392 g/mol. The third-order valence-corrected chi connectivity index (χ3v) is 6.07. The molecule has 3 rings (SSSR count). The second kappa shape index (κ2) is 7.36. The Bertz CT molecular complexity index is 872. The minimum atomic E-state index is -4.13. The first-order chi connectivity index (χ1) is 11.3. The fraction of sp³-hybridized carbons (Fsp3) is 0.400. The Hall–Kier alpha value is -1.55. The van der Waals surface area contributed by atoms with Crippen LogP contribution in [0.25, 0.3) is 0 Å². The van der Waals surface area contributed by atoms with E-state index in [2.05, 4.69) is 10.3 Å². The van der Waals surface area contributed by atoms with Crippen molar-refractivity contribution in [3.63, 3.8) is 0 Å². The molecule has 138 valence electrons. The van der Waals surface area contributed by atoms with Crippen molar-refractivity contribution in [2.45, 2.75) is 17.9 Å². The molecule has 2 aromatic rings. The molecular formula is C15H19ClF2N4O2S. The number of nitrogens with zero attached hydrogens (tertiary/aromatic N) is 3. The van der Waals surface area contributed by atoms with Gasteiger partial charge in [0, 0.05) is 45.1 Å². The zero-order valence-corrected chi connectivity index (χ0v) is 15.4. The van der Waals surface area contributed by atoms with Crippen molar-refractivity contribution >= 4 is 22.4 Å². The summed E-state index contributed by atoms with van der Waals surface area (Å²) in [7, 11) is -2.36. The number of aromatic nitrogens is 2. The number of sulfonamides is 1. The van der Waals surface area contributed by atoms with Gasteiger partial charge in [0.15, 0.2) is 0 Å². The molecule has 1 atom stereocenters. The van der Waals surface area contributed by atoms with Gasteiger partial charge in [0.1, 0.15) is 22.4 Å². The molecule has 10 heteroatoms. The van der Waals surface area contributed by atoms with Crippen LogP contribution in [-0.2, 0) is 17.1 Å². The van der Waals surface area contributed by atoms with Crippen LogP contribution in [0.1, 0.15) is 17.4 Å². The molecule has 0 amide bonds. The molecule has 0 saturated carbocycles. The van der Waals surface area contributed by atoms with E-state index in [0.29, 0.717) is 25.0 Å². The van der Waals surface area contributed by atoms with Crippen LogP contribution in [0.3, 0.4) is 0 Å². The molecular weight excluding hydrogens is 374 g/mol. The van der Waals surface area contributed by atoms with Gasteiger partial charge in [0.25, 0.3) is 0 Å². The van der Waals surface area contributed by atoms with Crippen molar-refractivity contribution in [3.8, 4) is 0 Å². The number of hydrogen-bond acceptors (Lipinski definition) is 4. The van der Waals surface area contributed by atoms with Gasteiger partial charge in [-0.1, -0.05) is 0 Å². The highest BCUT2D eigenvalue weighted by atomic mass is 35.5. The third-order valence-electron chi connectivity index (χ3n) is 4.15. The first-order valence-electron chi connectivity index (χ1n) is 7.48. The van der Waals surface area contributed by atoms with Crippen molar-refractivity contribution in [2.75, 3.05) is 19.6 Å². The van der Waals surface area contributed by atoms with Gasteiger partial charge >= 0.3 is 0 Å². The molecule has 1 aromatic carbocycles. The van der Waals surface area contributed by atoms with Crippen molar-refractivity contribution < 1.29 is 17.2 Å².